The Labute approximate surface area is 121 Å². The number of nitrogens with zero attached hydrogens (tertiary/aromatic N) is 1. The minimum absolute atomic E-state index is 0.289. The number of hydrogen-bond acceptors (Lipinski definition) is 6. The molecule has 21 heavy (non-hydrogen) atoms. The van der Waals surface area contributed by atoms with E-state index in [1.807, 2.05) is 0 Å². The molecule has 0 aliphatic heterocycles. The van der Waals surface area contributed by atoms with Crippen molar-refractivity contribution in [3.8, 4) is 0 Å². The van der Waals surface area contributed by atoms with E-state index in [0.717, 1.165) is 0 Å². The topological polar surface area (TPSA) is 98.5 Å². The number of anilines is 1. The van der Waals surface area contributed by atoms with Gasteiger partial charge in [-0.2, -0.15) is 0 Å². The van der Waals surface area contributed by atoms with E-state index in [4.69, 9.17) is 4.52 Å². The Balaban J connectivity index is 2.08. The van der Waals surface area contributed by atoms with E-state index < -0.39 is 16.0 Å². The molecule has 0 aliphatic carbocycles. The first-order valence-corrected chi connectivity index (χ1v) is 7.66. The second-order valence-electron chi connectivity index (χ2n) is 4.36. The van der Waals surface area contributed by atoms with Gasteiger partial charge in [-0.05, 0) is 31.2 Å². The predicted octanol–water partition coefficient (Wildman–Crippen LogP) is 1.71. The number of carbonyl (C=O) groups is 1. The average Bonchev–Trinajstić information content (AvgIpc) is 2.82. The van der Waals surface area contributed by atoms with Gasteiger partial charge in [-0.25, -0.2) is 13.2 Å². The van der Waals surface area contributed by atoms with Crippen LogP contribution < -0.4 is 4.72 Å². The number of carbonyl (C=O) groups excluding carboxylic acids is 1. The van der Waals surface area contributed by atoms with Crippen LogP contribution in [0.25, 0.3) is 0 Å². The normalized spacial score (nSPS) is 11.1. The van der Waals surface area contributed by atoms with Crippen molar-refractivity contribution >= 4 is 21.7 Å². The molecule has 0 saturated heterocycles. The molecule has 1 N–H and O–H groups in total. The first-order chi connectivity index (χ1) is 9.89. The van der Waals surface area contributed by atoms with Gasteiger partial charge in [-0.3, -0.25) is 4.72 Å². The van der Waals surface area contributed by atoms with E-state index in [2.05, 4.69) is 14.6 Å². The number of sulfonamides is 1. The Hall–Kier alpha value is -2.35. The van der Waals surface area contributed by atoms with Gasteiger partial charge in [0.15, 0.2) is 0 Å². The van der Waals surface area contributed by atoms with E-state index in [1.54, 1.807) is 13.0 Å². The monoisotopic (exact) mass is 310 g/mol. The van der Waals surface area contributed by atoms with Gasteiger partial charge < -0.3 is 9.26 Å². The number of benzene rings is 1. The van der Waals surface area contributed by atoms with Gasteiger partial charge in [0, 0.05) is 11.8 Å². The molecule has 0 bridgehead atoms. The summed E-state index contributed by atoms with van der Waals surface area (Å²) >= 11 is 0. The number of ether oxygens (including phenoxy) is 1. The van der Waals surface area contributed by atoms with Crippen molar-refractivity contribution in [3.63, 3.8) is 0 Å². The first-order valence-electron chi connectivity index (χ1n) is 6.01. The van der Waals surface area contributed by atoms with Crippen LogP contribution in [0.2, 0.25) is 0 Å². The van der Waals surface area contributed by atoms with Crippen molar-refractivity contribution in [3.05, 3.63) is 47.3 Å². The molecule has 0 aliphatic rings. The van der Waals surface area contributed by atoms with Gasteiger partial charge in [-0.1, -0.05) is 5.16 Å². The zero-order valence-electron chi connectivity index (χ0n) is 11.5. The summed E-state index contributed by atoms with van der Waals surface area (Å²) in [7, 11) is -2.33. The molecular weight excluding hydrogens is 296 g/mol. The fraction of sp³-hybridized carbons (Fsp3) is 0.231. The SMILES string of the molecule is COC(=O)c1ccc(NS(=O)(=O)Cc2cc(C)on2)cc1. The van der Waals surface area contributed by atoms with Gasteiger partial charge in [0.25, 0.3) is 0 Å². The maximum absolute atomic E-state index is 12.0. The van der Waals surface area contributed by atoms with Crippen LogP contribution in [0.1, 0.15) is 21.8 Å². The molecule has 0 spiro atoms. The lowest BCUT2D eigenvalue weighted by molar-refractivity contribution is 0.0601. The van der Waals surface area contributed by atoms with Crippen molar-refractivity contribution in [1.82, 2.24) is 5.16 Å². The van der Waals surface area contributed by atoms with E-state index in [0.29, 0.717) is 22.7 Å². The minimum Gasteiger partial charge on any atom is -0.465 e. The Bertz CT molecular complexity index is 734. The third-order valence-electron chi connectivity index (χ3n) is 2.59. The molecule has 0 atom stereocenters. The van der Waals surface area contributed by atoms with Crippen molar-refractivity contribution in [2.24, 2.45) is 0 Å². The molecule has 0 amide bonds. The van der Waals surface area contributed by atoms with Crippen LogP contribution in [0.3, 0.4) is 0 Å². The fourth-order valence-corrected chi connectivity index (χ4v) is 2.78. The Morgan fingerprint density at radius 2 is 2.00 bits per heavy atom. The smallest absolute Gasteiger partial charge is 0.337 e. The minimum atomic E-state index is -3.60. The summed E-state index contributed by atoms with van der Waals surface area (Å²) in [6, 6.07) is 7.48. The van der Waals surface area contributed by atoms with Crippen molar-refractivity contribution in [2.45, 2.75) is 12.7 Å². The van der Waals surface area contributed by atoms with Crippen LogP contribution in [0, 0.1) is 6.92 Å². The van der Waals surface area contributed by atoms with Crippen molar-refractivity contribution < 1.29 is 22.5 Å². The highest BCUT2D eigenvalue weighted by molar-refractivity contribution is 7.91. The number of methoxy groups -OCH3 is 1. The van der Waals surface area contributed by atoms with E-state index in [1.165, 1.54) is 31.4 Å². The standard InChI is InChI=1S/C13H14N2O5S/c1-9-7-12(14-20-9)8-21(17,18)15-11-5-3-10(4-6-11)13(16)19-2/h3-7,15H,8H2,1-2H3. The van der Waals surface area contributed by atoms with Crippen LogP contribution in [0.4, 0.5) is 5.69 Å². The molecular formula is C13H14N2O5S. The zero-order chi connectivity index (χ0) is 15.5. The molecule has 8 heteroatoms. The quantitative estimate of drug-likeness (QED) is 0.844. The molecule has 0 fully saturated rings. The second-order valence-corrected chi connectivity index (χ2v) is 6.08. The fourth-order valence-electron chi connectivity index (χ4n) is 1.69. The highest BCUT2D eigenvalue weighted by atomic mass is 32.2. The van der Waals surface area contributed by atoms with Crippen LogP contribution >= 0.6 is 0 Å². The van der Waals surface area contributed by atoms with Crippen LogP contribution in [0.5, 0.6) is 0 Å². The van der Waals surface area contributed by atoms with E-state index in [-0.39, 0.29) is 5.75 Å². The van der Waals surface area contributed by atoms with E-state index in [9.17, 15) is 13.2 Å². The summed E-state index contributed by atoms with van der Waals surface area (Å²) in [6.07, 6.45) is 0. The van der Waals surface area contributed by atoms with Crippen LogP contribution in [-0.4, -0.2) is 26.7 Å². The molecule has 1 aromatic carbocycles. The lowest BCUT2D eigenvalue weighted by atomic mass is 10.2. The lowest BCUT2D eigenvalue weighted by Gasteiger charge is -2.07. The number of aromatic nitrogens is 1. The molecule has 0 unspecified atom stereocenters. The summed E-state index contributed by atoms with van der Waals surface area (Å²) in [6.45, 7) is 1.68. The largest absolute Gasteiger partial charge is 0.465 e. The predicted molar refractivity (Wildman–Crippen MR) is 75.3 cm³/mol. The average molecular weight is 310 g/mol. The van der Waals surface area contributed by atoms with Gasteiger partial charge in [0.05, 0.1) is 12.7 Å². The molecule has 7 nitrogen and oxygen atoms in total. The van der Waals surface area contributed by atoms with Crippen molar-refractivity contribution in [2.75, 3.05) is 11.8 Å². The second kappa shape index (κ2) is 5.96. The van der Waals surface area contributed by atoms with Gasteiger partial charge in [-0.15, -0.1) is 0 Å². The molecule has 2 rings (SSSR count). The van der Waals surface area contributed by atoms with Crippen molar-refractivity contribution in [1.29, 1.82) is 0 Å². The number of aryl methyl sites for hydroxylation is 1. The first kappa shape index (κ1) is 15.0. The lowest BCUT2D eigenvalue weighted by Crippen LogP contribution is -2.15. The maximum Gasteiger partial charge on any atom is 0.337 e. The number of rotatable bonds is 5. The Kier molecular flexibility index (Phi) is 4.27. The number of esters is 1. The molecule has 0 saturated carbocycles. The summed E-state index contributed by atoms with van der Waals surface area (Å²) < 4.78 is 35.7. The Morgan fingerprint density at radius 1 is 1.33 bits per heavy atom. The molecule has 1 heterocycles. The number of hydrogen-bond donors (Lipinski definition) is 1. The van der Waals surface area contributed by atoms with E-state index >= 15 is 0 Å². The maximum atomic E-state index is 12.0. The summed E-state index contributed by atoms with van der Waals surface area (Å²) in [4.78, 5) is 11.3. The number of nitrogens with one attached hydrogen (secondary N) is 1. The zero-order valence-corrected chi connectivity index (χ0v) is 12.3. The van der Waals surface area contributed by atoms with Crippen LogP contribution in [-0.2, 0) is 20.5 Å². The van der Waals surface area contributed by atoms with Gasteiger partial charge >= 0.3 is 5.97 Å². The summed E-state index contributed by atoms with van der Waals surface area (Å²) in [5.74, 6) is -0.228. The molecule has 2 aromatic rings. The van der Waals surface area contributed by atoms with Gasteiger partial charge in [0.1, 0.15) is 17.2 Å². The van der Waals surface area contributed by atoms with Crippen LogP contribution in [0.15, 0.2) is 34.9 Å². The molecule has 0 radical (unpaired) electrons. The molecule has 1 aromatic heterocycles. The highest BCUT2D eigenvalue weighted by Gasteiger charge is 2.15. The van der Waals surface area contributed by atoms with Gasteiger partial charge in [0.2, 0.25) is 10.0 Å². The molecule has 112 valence electrons. The summed E-state index contributed by atoms with van der Waals surface area (Å²) in [5.41, 5.74) is 1.02. The third-order valence-corrected chi connectivity index (χ3v) is 3.82. The highest BCUT2D eigenvalue weighted by Crippen LogP contribution is 2.14. The summed E-state index contributed by atoms with van der Waals surface area (Å²) in [5, 5.41) is 3.64. The third kappa shape index (κ3) is 4.06. The Morgan fingerprint density at radius 3 is 2.52 bits per heavy atom.